The summed E-state index contributed by atoms with van der Waals surface area (Å²) in [6.45, 7) is 16.8. The Morgan fingerprint density at radius 3 is 1.00 bits per heavy atom. The predicted octanol–water partition coefficient (Wildman–Crippen LogP) is 13.0. The minimum absolute atomic E-state index is 0.114. The number of pyridine rings is 4. The number of allylic oxidation sites excluding steroid dienone is 4. The number of rotatable bonds is 10. The van der Waals surface area contributed by atoms with E-state index >= 15 is 0 Å². The molecule has 4 saturated heterocycles. The van der Waals surface area contributed by atoms with Gasteiger partial charge in [-0.15, -0.1) is 0 Å². The van der Waals surface area contributed by atoms with Gasteiger partial charge >= 0.3 is 12.2 Å². The number of amides is 2. The van der Waals surface area contributed by atoms with Crippen molar-refractivity contribution >= 4 is 102 Å². The van der Waals surface area contributed by atoms with Gasteiger partial charge in [-0.25, -0.2) is 84.9 Å². The van der Waals surface area contributed by atoms with Crippen LogP contribution in [-0.4, -0.2) is 210 Å². The zero-order chi connectivity index (χ0) is 84.8. The summed E-state index contributed by atoms with van der Waals surface area (Å²) in [6, 6.07) is 9.35. The molecule has 0 aromatic carbocycles. The van der Waals surface area contributed by atoms with Crippen molar-refractivity contribution < 1.29 is 35.9 Å². The minimum Gasteiger partial charge on any atom is -0.453 e. The second-order valence-electron chi connectivity index (χ2n) is 34.3. The van der Waals surface area contributed by atoms with Crippen molar-refractivity contribution in [2.45, 2.75) is 204 Å². The van der Waals surface area contributed by atoms with Crippen molar-refractivity contribution in [1.82, 2.24) is 78.2 Å². The first-order valence-corrected chi connectivity index (χ1v) is 47.3. The molecular weight excluding hydrogens is 1620 g/mol. The highest BCUT2D eigenvalue weighted by Gasteiger charge is 2.41. The van der Waals surface area contributed by atoms with Gasteiger partial charge in [0.25, 0.3) is 0 Å². The molecule has 122 heavy (non-hydrogen) atoms. The number of ether oxygens (including phenoxy) is 2. The fourth-order valence-corrected chi connectivity index (χ4v) is 22.6. The maximum atomic E-state index is 12.1. The Bertz CT molecular complexity index is 5380. The number of sulfonamides is 2. The summed E-state index contributed by atoms with van der Waals surface area (Å²) in [4.78, 5) is 92.7. The molecule has 16 heterocycles. The number of methoxy groups -OCH3 is 2. The number of hydrogen-bond donors (Lipinski definition) is 0. The molecule has 0 bridgehead atoms. The lowest BCUT2D eigenvalue weighted by Gasteiger charge is -2.39. The Labute approximate surface area is 724 Å². The van der Waals surface area contributed by atoms with Crippen LogP contribution in [0.3, 0.4) is 0 Å². The molecule has 8 aromatic rings. The summed E-state index contributed by atoms with van der Waals surface area (Å²) in [7, 11) is -3.51. The van der Waals surface area contributed by atoms with Gasteiger partial charge in [0.1, 0.15) is 35.6 Å². The van der Waals surface area contributed by atoms with Crippen LogP contribution in [0.2, 0.25) is 10.3 Å². The van der Waals surface area contributed by atoms with Crippen molar-refractivity contribution in [2.75, 3.05) is 98.7 Å². The molecule has 640 valence electrons. The zero-order valence-corrected chi connectivity index (χ0v) is 73.7. The van der Waals surface area contributed by atoms with Crippen molar-refractivity contribution in [3.63, 3.8) is 0 Å². The van der Waals surface area contributed by atoms with E-state index in [1.54, 1.807) is 43.7 Å². The van der Waals surface area contributed by atoms with E-state index in [2.05, 4.69) is 158 Å². The number of carbonyl (C=O) groups is 2. The molecule has 0 radical (unpaired) electrons. The molecule has 32 heteroatoms. The number of fused-ring (bicyclic) bond motifs is 8. The Hall–Kier alpha value is -9.98. The quantitative estimate of drug-likeness (QED) is 0.115. The van der Waals surface area contributed by atoms with Gasteiger partial charge in [-0.3, -0.25) is 9.97 Å². The van der Waals surface area contributed by atoms with Gasteiger partial charge in [0.15, 0.2) is 0 Å². The van der Waals surface area contributed by atoms with E-state index in [1.807, 2.05) is 24.5 Å². The van der Waals surface area contributed by atoms with Gasteiger partial charge in [0.05, 0.1) is 95.1 Å². The first kappa shape index (κ1) is 84.2. The van der Waals surface area contributed by atoms with Gasteiger partial charge in [-0.1, -0.05) is 71.8 Å². The maximum Gasteiger partial charge on any atom is 0.409 e. The normalized spacial score (nSPS) is 23.1. The monoisotopic (exact) mass is 1730 g/mol. The molecule has 28 nitrogen and oxygen atoms in total. The number of halogens is 2. The highest BCUT2D eigenvalue weighted by atomic mass is 35.5. The number of nitrogens with zero attached hydrogens (tertiary/aromatic N) is 20. The van der Waals surface area contributed by atoms with E-state index < -0.39 is 20.0 Å². The number of carbonyl (C=O) groups excluding carboxylic acids is 2. The largest absolute Gasteiger partial charge is 0.453 e. The topological polar surface area (TPSA) is 301 Å². The molecule has 0 N–H and O–H groups in total. The third-order valence-corrected chi connectivity index (χ3v) is 29.4. The lowest BCUT2D eigenvalue weighted by atomic mass is 9.88. The van der Waals surface area contributed by atoms with E-state index in [1.165, 1.54) is 71.5 Å². The van der Waals surface area contributed by atoms with Crippen LogP contribution < -0.4 is 19.6 Å². The Morgan fingerprint density at radius 2 is 0.680 bits per heavy atom. The van der Waals surface area contributed by atoms with Crippen LogP contribution >= 0.6 is 23.2 Å². The number of aromatic nitrogens is 12. The van der Waals surface area contributed by atoms with Gasteiger partial charge < -0.3 is 38.9 Å². The third kappa shape index (κ3) is 17.4. The van der Waals surface area contributed by atoms with E-state index in [-0.39, 0.29) is 47.9 Å². The summed E-state index contributed by atoms with van der Waals surface area (Å²) in [5, 5.41) is 1.06. The maximum absolute atomic E-state index is 12.1. The molecule has 8 aliphatic heterocycles. The Kier molecular flexibility index (Phi) is 24.7. The Balaban J connectivity index is 0.000000116. The summed E-state index contributed by atoms with van der Waals surface area (Å²) in [6.07, 6.45) is 44.1. The fraction of sp³-hybridized carbons (Fsp3) is 0.489. The molecule has 12 aliphatic rings. The lowest BCUT2D eigenvalue weighted by molar-refractivity contribution is 0.110. The van der Waals surface area contributed by atoms with E-state index in [4.69, 9.17) is 42.6 Å². The number of anilines is 4. The number of likely N-dealkylation sites (tertiary alicyclic amines) is 2. The molecule has 4 fully saturated rings. The van der Waals surface area contributed by atoms with E-state index in [0.29, 0.717) is 61.7 Å². The molecule has 20 rings (SSSR count). The van der Waals surface area contributed by atoms with Crippen LogP contribution in [0.1, 0.15) is 216 Å². The molecule has 8 atom stereocenters. The van der Waals surface area contributed by atoms with Crippen LogP contribution in [0.5, 0.6) is 0 Å². The second kappa shape index (κ2) is 35.7. The van der Waals surface area contributed by atoms with Gasteiger partial charge in [-0.2, -0.15) is 0 Å². The second-order valence-corrected chi connectivity index (χ2v) is 39.1. The molecular formula is C90H106Cl2N20O8S2. The smallest absolute Gasteiger partial charge is 0.409 e. The van der Waals surface area contributed by atoms with Crippen molar-refractivity contribution in [1.29, 1.82) is 0 Å². The first-order chi connectivity index (χ1) is 58.9. The summed E-state index contributed by atoms with van der Waals surface area (Å²) < 4.78 is 61.5. The molecule has 0 unspecified atom stereocenters. The van der Waals surface area contributed by atoms with Crippen LogP contribution in [-0.2, 0) is 107 Å². The van der Waals surface area contributed by atoms with Crippen LogP contribution in [0, 0.1) is 0 Å². The van der Waals surface area contributed by atoms with Crippen LogP contribution in [0.15, 0.2) is 86.3 Å². The summed E-state index contributed by atoms with van der Waals surface area (Å²) >= 11 is 12.7. The van der Waals surface area contributed by atoms with Crippen LogP contribution in [0.25, 0.3) is 24.3 Å². The minimum atomic E-state index is -3.19. The molecule has 8 aromatic heterocycles. The SMILES string of the molecule is COC(=O)N1CCC[C@@H](c2ncnc3c2CN(c2cc(Cl)nc4c2C=CC4)[C@H](C)C3)C1.COC(=O)N1CCC[C@H](c2ncnc3c2CN(c2cc(Cl)nc4c2C=CC4)[C@H](C)C3)C1.C[C@@H]1Cc2ncnc([C@@H]3CCCN(S(C)(=O)=O)C3)c2CN1c1ccnc2c1C=CC2.C[C@@H]1Cc2ncnc([C@H]3CCCN(S(C)(=O)=O)C3)c2CN1c1ccnc2c1C=CC2. The number of hydrogen-bond acceptors (Lipinski definition) is 24. The van der Waals surface area contributed by atoms with Gasteiger partial charge in [-0.05, 0) is 103 Å². The summed E-state index contributed by atoms with van der Waals surface area (Å²) in [5.41, 5.74) is 27.0. The standard InChI is InChI=1S/2C23H26ClN5O2.2C22H27N5O2S/c2*1-14-9-19-17(12-29(14)20-10-21(24)27-18-7-3-6-16(18)20)22(26-13-25-19)15-5-4-8-28(11-15)23(30)31-2;2*1-15-11-20-18(13-27(15)21-8-9-23-19-7-3-6-17(19)21)22(25-14-24-20)16-5-4-10-26(12-16)30(2,28)29/h2*3,6,10,13-15H,4-5,7-9,11-12H2,1-2H3;2*3,6,8-9,14-16H,4-5,7,10-13H2,1-2H3/t14-,15+;14-,15-;15-,16+;15-,16-/m1111/s1. The average Bonchev–Trinajstić information content (AvgIpc) is 1.12. The van der Waals surface area contributed by atoms with Crippen molar-refractivity contribution in [2.24, 2.45) is 0 Å². The van der Waals surface area contributed by atoms with Crippen molar-refractivity contribution in [3.05, 3.63) is 209 Å². The third-order valence-electron chi connectivity index (χ3n) is 26.5. The highest BCUT2D eigenvalue weighted by Crippen LogP contribution is 2.45. The van der Waals surface area contributed by atoms with E-state index in [9.17, 15) is 26.4 Å². The average molecular weight is 1730 g/mol. The Morgan fingerprint density at radius 1 is 0.385 bits per heavy atom. The molecule has 0 spiro atoms. The molecule has 0 saturated carbocycles. The summed E-state index contributed by atoms with van der Waals surface area (Å²) in [5.74, 6) is 0.602. The number of piperidine rings is 4. The van der Waals surface area contributed by atoms with Gasteiger partial charge in [0, 0.05) is 257 Å². The van der Waals surface area contributed by atoms with Crippen LogP contribution in [0.4, 0.5) is 32.3 Å². The molecule has 4 aliphatic carbocycles. The van der Waals surface area contributed by atoms with Gasteiger partial charge in [0.2, 0.25) is 20.0 Å². The lowest BCUT2D eigenvalue weighted by Crippen LogP contribution is -2.42. The predicted molar refractivity (Wildman–Crippen MR) is 472 cm³/mol. The van der Waals surface area contributed by atoms with Crippen molar-refractivity contribution in [3.8, 4) is 0 Å². The van der Waals surface area contributed by atoms with E-state index in [0.717, 1.165) is 233 Å². The fourth-order valence-electron chi connectivity index (χ4n) is 20.4. The zero-order valence-electron chi connectivity index (χ0n) is 70.6. The first-order valence-electron chi connectivity index (χ1n) is 42.9. The highest BCUT2D eigenvalue weighted by molar-refractivity contribution is 7.88. The molecule has 2 amide bonds.